The number of halogens is 1. The monoisotopic (exact) mass is 402 g/mol. The van der Waals surface area contributed by atoms with E-state index in [4.69, 9.17) is 16.3 Å². The minimum Gasteiger partial charge on any atom is -0.451 e. The Hall–Kier alpha value is -1.68. The molecule has 0 aliphatic heterocycles. The molecule has 0 saturated heterocycles. The number of ether oxygens (including phenoxy) is 1. The van der Waals surface area contributed by atoms with Crippen molar-refractivity contribution in [3.05, 3.63) is 34.4 Å². The molecule has 0 radical (unpaired) electrons. The Bertz CT molecular complexity index is 881. The van der Waals surface area contributed by atoms with Gasteiger partial charge in [-0.25, -0.2) is 0 Å². The van der Waals surface area contributed by atoms with Gasteiger partial charge in [0, 0.05) is 35.1 Å². The van der Waals surface area contributed by atoms with Gasteiger partial charge >= 0.3 is 5.97 Å². The first-order chi connectivity index (χ1) is 13.0. The number of hydrogen-bond donors (Lipinski definition) is 0. The van der Waals surface area contributed by atoms with Crippen molar-refractivity contribution in [1.82, 2.24) is 0 Å². The van der Waals surface area contributed by atoms with Crippen LogP contribution in [0.2, 0.25) is 0 Å². The summed E-state index contributed by atoms with van der Waals surface area (Å²) in [5.41, 5.74) is 0.446. The van der Waals surface area contributed by atoms with Gasteiger partial charge in [-0.15, -0.1) is 0 Å². The van der Waals surface area contributed by atoms with Crippen LogP contribution in [0.5, 0.6) is 0 Å². The molecule has 1 saturated carbocycles. The summed E-state index contributed by atoms with van der Waals surface area (Å²) in [6.45, 7) is 7.18. The van der Waals surface area contributed by atoms with E-state index >= 15 is 0 Å². The summed E-state index contributed by atoms with van der Waals surface area (Å²) in [6, 6.07) is 0. The number of ketones is 2. The number of esters is 1. The standard InChI is InChI=1S/C23H27ClO4/c1-13(25)23(28-14(2)26)10-7-18-16-12-20(24)19-11-15(27)5-8-21(19,3)17(16)6-9-22(18,23)4/h6,11-12,16,18H,5,7-10H2,1-4H3/t16-,18+,21-,22+,23+/m1/s1. The van der Waals surface area contributed by atoms with Crippen LogP contribution >= 0.6 is 11.6 Å². The largest absolute Gasteiger partial charge is 0.451 e. The first-order valence-corrected chi connectivity index (χ1v) is 10.5. The quantitative estimate of drug-likeness (QED) is 0.497. The van der Waals surface area contributed by atoms with Crippen LogP contribution in [-0.4, -0.2) is 23.1 Å². The molecular formula is C23H27ClO4. The predicted molar refractivity (Wildman–Crippen MR) is 107 cm³/mol. The second-order valence-corrected chi connectivity index (χ2v) is 9.71. The number of hydrogen-bond acceptors (Lipinski definition) is 4. The lowest BCUT2D eigenvalue weighted by Crippen LogP contribution is -2.55. The molecule has 4 aliphatic rings. The zero-order valence-corrected chi connectivity index (χ0v) is 17.7. The minimum absolute atomic E-state index is 0.0782. The zero-order chi connectivity index (χ0) is 20.5. The molecule has 0 amide bonds. The number of rotatable bonds is 2. The number of carbonyl (C=O) groups is 3. The highest BCUT2D eigenvalue weighted by Crippen LogP contribution is 2.66. The smallest absolute Gasteiger partial charge is 0.303 e. The average Bonchev–Trinajstić information content (AvgIpc) is 2.90. The van der Waals surface area contributed by atoms with Gasteiger partial charge in [-0.05, 0) is 50.2 Å². The molecule has 0 unspecified atom stereocenters. The number of fused-ring (bicyclic) bond motifs is 5. The van der Waals surface area contributed by atoms with E-state index < -0.39 is 17.0 Å². The van der Waals surface area contributed by atoms with Gasteiger partial charge in [-0.1, -0.05) is 43.2 Å². The maximum atomic E-state index is 12.7. The molecule has 4 aliphatic carbocycles. The van der Waals surface area contributed by atoms with Gasteiger partial charge in [0.25, 0.3) is 0 Å². The number of carbonyl (C=O) groups excluding carboxylic acids is 3. The molecular weight excluding hydrogens is 376 g/mol. The van der Waals surface area contributed by atoms with Crippen molar-refractivity contribution in [3.63, 3.8) is 0 Å². The van der Waals surface area contributed by atoms with Crippen molar-refractivity contribution < 1.29 is 19.1 Å². The van der Waals surface area contributed by atoms with E-state index in [1.54, 1.807) is 6.08 Å². The van der Waals surface area contributed by atoms with Gasteiger partial charge in [0.15, 0.2) is 17.2 Å². The normalized spacial score (nSPS) is 41.8. The number of Topliss-reactive ketones (excluding diaryl/α,β-unsaturated/α-hetero) is 1. The summed E-state index contributed by atoms with van der Waals surface area (Å²) in [6.07, 6.45) is 9.32. The Morgan fingerprint density at radius 3 is 2.57 bits per heavy atom. The molecule has 0 heterocycles. The van der Waals surface area contributed by atoms with Crippen LogP contribution in [0.4, 0.5) is 0 Å². The maximum absolute atomic E-state index is 12.7. The Balaban J connectivity index is 1.84. The Labute approximate surface area is 171 Å². The van der Waals surface area contributed by atoms with E-state index in [1.807, 2.05) is 0 Å². The Morgan fingerprint density at radius 1 is 1.21 bits per heavy atom. The fraction of sp³-hybridized carbons (Fsp3) is 0.609. The van der Waals surface area contributed by atoms with Crippen molar-refractivity contribution in [2.24, 2.45) is 22.7 Å². The summed E-state index contributed by atoms with van der Waals surface area (Å²) in [5.74, 6) is -0.0959. The fourth-order valence-corrected chi connectivity index (χ4v) is 6.87. The van der Waals surface area contributed by atoms with Crippen molar-refractivity contribution in [1.29, 1.82) is 0 Å². The summed E-state index contributed by atoms with van der Waals surface area (Å²) in [7, 11) is 0. The first-order valence-electron chi connectivity index (χ1n) is 10.1. The summed E-state index contributed by atoms with van der Waals surface area (Å²) in [4.78, 5) is 36.6. The Kier molecular flexibility index (Phi) is 4.32. The highest BCUT2D eigenvalue weighted by molar-refractivity contribution is 6.32. The topological polar surface area (TPSA) is 60.4 Å². The minimum atomic E-state index is -1.08. The lowest BCUT2D eigenvalue weighted by Gasteiger charge is -2.53. The molecule has 1 fully saturated rings. The predicted octanol–water partition coefficient (Wildman–Crippen LogP) is 4.67. The van der Waals surface area contributed by atoms with Crippen molar-refractivity contribution in [2.45, 2.75) is 65.4 Å². The van der Waals surface area contributed by atoms with Crippen molar-refractivity contribution >= 4 is 29.1 Å². The van der Waals surface area contributed by atoms with E-state index in [1.165, 1.54) is 19.4 Å². The molecule has 0 N–H and O–H groups in total. The van der Waals surface area contributed by atoms with Crippen LogP contribution in [0.15, 0.2) is 34.4 Å². The lowest BCUT2D eigenvalue weighted by molar-refractivity contribution is -0.179. The van der Waals surface area contributed by atoms with Gasteiger partial charge in [0.1, 0.15) is 0 Å². The second kappa shape index (κ2) is 6.16. The fourth-order valence-electron chi connectivity index (χ4n) is 6.47. The van der Waals surface area contributed by atoms with Crippen molar-refractivity contribution in [2.75, 3.05) is 0 Å². The van der Waals surface area contributed by atoms with Crippen molar-refractivity contribution in [3.8, 4) is 0 Å². The molecule has 5 atom stereocenters. The van der Waals surface area contributed by atoms with Gasteiger partial charge < -0.3 is 4.74 Å². The molecule has 0 aromatic rings. The molecule has 4 rings (SSSR count). The highest BCUT2D eigenvalue weighted by Gasteiger charge is 2.66. The average molecular weight is 403 g/mol. The third-order valence-corrected chi connectivity index (χ3v) is 8.29. The van der Waals surface area contributed by atoms with E-state index in [9.17, 15) is 14.4 Å². The zero-order valence-electron chi connectivity index (χ0n) is 16.9. The molecule has 150 valence electrons. The highest BCUT2D eigenvalue weighted by atomic mass is 35.5. The van der Waals surface area contributed by atoms with Gasteiger partial charge in [0.2, 0.25) is 0 Å². The Morgan fingerprint density at radius 2 is 1.93 bits per heavy atom. The summed E-state index contributed by atoms with van der Waals surface area (Å²) in [5, 5.41) is 0.648. The molecule has 0 bridgehead atoms. The molecule has 4 nitrogen and oxygen atoms in total. The number of allylic oxidation sites excluding steroid dienone is 6. The molecule has 0 spiro atoms. The van der Waals surface area contributed by atoms with E-state index in [0.717, 1.165) is 18.4 Å². The third-order valence-electron chi connectivity index (χ3n) is 7.97. The van der Waals surface area contributed by atoms with Crippen LogP contribution in [0.3, 0.4) is 0 Å². The maximum Gasteiger partial charge on any atom is 0.303 e. The first kappa shape index (κ1) is 19.6. The van der Waals surface area contributed by atoms with Gasteiger partial charge in [-0.2, -0.15) is 0 Å². The van der Waals surface area contributed by atoms with Crippen LogP contribution in [0.25, 0.3) is 0 Å². The SMILES string of the molecule is CC(=O)O[C@]1(C(C)=O)CC[C@H]2[C@@H]3C=C(Cl)C4=CC(=O)CC[C@]4(C)C3=CC[C@@]21C. The van der Waals surface area contributed by atoms with E-state index in [0.29, 0.717) is 24.3 Å². The lowest BCUT2D eigenvalue weighted by atomic mass is 9.52. The summed E-state index contributed by atoms with van der Waals surface area (Å²) < 4.78 is 5.76. The van der Waals surface area contributed by atoms with Crippen LogP contribution in [-0.2, 0) is 19.1 Å². The van der Waals surface area contributed by atoms with Crippen LogP contribution < -0.4 is 0 Å². The van der Waals surface area contributed by atoms with E-state index in [-0.39, 0.29) is 28.8 Å². The summed E-state index contributed by atoms with van der Waals surface area (Å²) >= 11 is 6.68. The second-order valence-electron chi connectivity index (χ2n) is 9.30. The van der Waals surface area contributed by atoms with E-state index in [2.05, 4.69) is 26.0 Å². The van der Waals surface area contributed by atoms with Crippen LogP contribution in [0.1, 0.15) is 59.8 Å². The molecule has 5 heteroatoms. The third kappa shape index (κ3) is 2.39. The van der Waals surface area contributed by atoms with Gasteiger partial charge in [0.05, 0.1) is 0 Å². The molecule has 28 heavy (non-hydrogen) atoms. The van der Waals surface area contributed by atoms with Gasteiger partial charge in [-0.3, -0.25) is 14.4 Å². The van der Waals surface area contributed by atoms with Crippen LogP contribution in [0, 0.1) is 22.7 Å². The molecule has 0 aromatic carbocycles. The molecule has 0 aromatic heterocycles.